The van der Waals surface area contributed by atoms with Gasteiger partial charge in [-0.3, -0.25) is 5.43 Å². The number of hydrogen-bond acceptors (Lipinski definition) is 9. The zero-order chi connectivity index (χ0) is 26.4. The number of rotatable bonds is 7. The van der Waals surface area contributed by atoms with Gasteiger partial charge in [-0.25, -0.2) is 0 Å². The van der Waals surface area contributed by atoms with Crippen molar-refractivity contribution < 1.29 is 9.47 Å². The summed E-state index contributed by atoms with van der Waals surface area (Å²) in [4.78, 5) is 14.0. The van der Waals surface area contributed by atoms with Gasteiger partial charge in [0.25, 0.3) is 0 Å². The zero-order valence-corrected chi connectivity index (χ0v) is 21.7. The summed E-state index contributed by atoms with van der Waals surface area (Å²) in [5, 5.41) is 14.9. The first-order chi connectivity index (χ1) is 19.3. The van der Waals surface area contributed by atoms with Gasteiger partial charge in [-0.2, -0.15) is 20.3 Å². The Balaban J connectivity index is 1.26. The third-order valence-electron chi connectivity index (χ3n) is 6.94. The van der Waals surface area contributed by atoms with Crippen molar-refractivity contribution >= 4 is 34.7 Å². The van der Waals surface area contributed by atoms with Gasteiger partial charge < -0.3 is 23.8 Å². The Morgan fingerprint density at radius 2 is 1.69 bits per heavy atom. The number of hydrogen-bond donors (Lipinski definition) is 1. The third-order valence-corrected chi connectivity index (χ3v) is 6.94. The molecule has 2 aromatic carbocycles. The molecule has 0 spiro atoms. The second-order valence-corrected chi connectivity index (χ2v) is 9.52. The normalized spacial score (nSPS) is 16.1. The fourth-order valence-corrected chi connectivity index (χ4v) is 4.95. The molecule has 6 rings (SSSR count). The Bertz CT molecular complexity index is 1480. The Labute approximate surface area is 227 Å². The summed E-state index contributed by atoms with van der Waals surface area (Å²) in [5.41, 5.74) is 6.98. The number of nitriles is 1. The number of aromatic nitrogens is 3. The summed E-state index contributed by atoms with van der Waals surface area (Å²) in [7, 11) is 0. The van der Waals surface area contributed by atoms with Crippen molar-refractivity contribution in [3.8, 4) is 6.07 Å². The topological polar surface area (TPSA) is 104 Å². The van der Waals surface area contributed by atoms with Crippen LogP contribution < -0.4 is 15.2 Å². The first-order valence-electron chi connectivity index (χ1n) is 13.2. The number of fused-ring (bicyclic) bond motifs is 1. The van der Waals surface area contributed by atoms with Gasteiger partial charge >= 0.3 is 0 Å². The number of nitrogens with one attached hydrogen (secondary N) is 1. The molecule has 4 aromatic rings. The molecule has 2 aliphatic heterocycles. The van der Waals surface area contributed by atoms with E-state index < -0.39 is 0 Å². The Hall–Kier alpha value is -4.46. The Morgan fingerprint density at radius 1 is 0.923 bits per heavy atom. The molecule has 10 nitrogen and oxygen atoms in total. The first kappa shape index (κ1) is 24.9. The minimum Gasteiger partial charge on any atom is -0.378 e. The number of morpholine rings is 2. The average Bonchev–Trinajstić information content (AvgIpc) is 3.35. The van der Waals surface area contributed by atoms with Crippen molar-refractivity contribution in [1.29, 1.82) is 5.26 Å². The lowest BCUT2D eigenvalue weighted by Crippen LogP contribution is -2.39. The summed E-state index contributed by atoms with van der Waals surface area (Å²) in [6.45, 7) is 6.45. The lowest BCUT2D eigenvalue weighted by Gasteiger charge is -2.31. The van der Waals surface area contributed by atoms with Gasteiger partial charge in [0.1, 0.15) is 5.82 Å². The molecule has 2 saturated heterocycles. The molecule has 0 bridgehead atoms. The zero-order valence-electron chi connectivity index (χ0n) is 21.7. The van der Waals surface area contributed by atoms with E-state index in [2.05, 4.69) is 49.3 Å². The Kier molecular flexibility index (Phi) is 7.34. The van der Waals surface area contributed by atoms with E-state index in [1.165, 1.54) is 0 Å². The van der Waals surface area contributed by atoms with Crippen molar-refractivity contribution in [2.45, 2.75) is 6.54 Å². The molecular formula is C29H30N8O2. The molecule has 0 atom stereocenters. The van der Waals surface area contributed by atoms with E-state index in [0.717, 1.165) is 54.0 Å². The van der Waals surface area contributed by atoms with E-state index >= 15 is 0 Å². The first-order valence-corrected chi connectivity index (χ1v) is 13.2. The van der Waals surface area contributed by atoms with Crippen molar-refractivity contribution in [3.63, 3.8) is 0 Å². The van der Waals surface area contributed by atoms with E-state index in [-0.39, 0.29) is 0 Å². The predicted molar refractivity (Wildman–Crippen MR) is 152 cm³/mol. The van der Waals surface area contributed by atoms with Crippen molar-refractivity contribution in [2.75, 3.05) is 67.8 Å². The molecule has 0 saturated carbocycles. The lowest BCUT2D eigenvalue weighted by atomic mass is 10.1. The standard InChI is InChI=1S/C29H30N8O2/c30-18-22-4-3-5-23(16-22)20-37-21-24(25-6-1-2-7-26(25)37)19-31-34-27-17-28(35-8-12-38-13-9-35)33-29(32-27)36-10-14-39-15-11-36/h1-7,16-17,19,21H,8-15,20H2,(H,32,33,34)/b31-19+. The van der Waals surface area contributed by atoms with Crippen LogP contribution in [0.5, 0.6) is 0 Å². The number of benzene rings is 2. The number of nitrogens with zero attached hydrogens (tertiary/aromatic N) is 7. The maximum atomic E-state index is 9.27. The van der Waals surface area contributed by atoms with Gasteiger partial charge in [-0.1, -0.05) is 30.3 Å². The maximum Gasteiger partial charge on any atom is 0.229 e. The van der Waals surface area contributed by atoms with E-state index in [1.807, 2.05) is 48.7 Å². The van der Waals surface area contributed by atoms with Crippen LogP contribution >= 0.6 is 0 Å². The highest BCUT2D eigenvalue weighted by atomic mass is 16.5. The molecule has 1 N–H and O–H groups in total. The smallest absolute Gasteiger partial charge is 0.229 e. The predicted octanol–water partition coefficient (Wildman–Crippen LogP) is 3.47. The van der Waals surface area contributed by atoms with Gasteiger partial charge in [0.2, 0.25) is 5.95 Å². The minimum atomic E-state index is 0.640. The van der Waals surface area contributed by atoms with Crippen LogP contribution in [-0.4, -0.2) is 73.4 Å². The molecule has 2 aromatic heterocycles. The van der Waals surface area contributed by atoms with Crippen LogP contribution in [0.15, 0.2) is 65.9 Å². The lowest BCUT2D eigenvalue weighted by molar-refractivity contribution is 0.121. The quantitative estimate of drug-likeness (QED) is 0.291. The second kappa shape index (κ2) is 11.5. The van der Waals surface area contributed by atoms with Crippen LogP contribution in [0, 0.1) is 11.3 Å². The van der Waals surface area contributed by atoms with E-state index in [0.29, 0.717) is 50.3 Å². The highest BCUT2D eigenvalue weighted by Gasteiger charge is 2.19. The monoisotopic (exact) mass is 522 g/mol. The number of ether oxygens (including phenoxy) is 2. The summed E-state index contributed by atoms with van der Waals surface area (Å²) in [5.74, 6) is 2.18. The second-order valence-electron chi connectivity index (χ2n) is 9.52. The van der Waals surface area contributed by atoms with Crippen LogP contribution in [-0.2, 0) is 16.0 Å². The van der Waals surface area contributed by atoms with Gasteiger partial charge in [-0.05, 0) is 23.8 Å². The van der Waals surface area contributed by atoms with Crippen molar-refractivity contribution in [1.82, 2.24) is 14.5 Å². The van der Waals surface area contributed by atoms with Crippen LogP contribution in [0.2, 0.25) is 0 Å². The van der Waals surface area contributed by atoms with E-state index in [1.54, 1.807) is 0 Å². The molecule has 198 valence electrons. The molecule has 0 radical (unpaired) electrons. The molecule has 39 heavy (non-hydrogen) atoms. The summed E-state index contributed by atoms with van der Waals surface area (Å²) < 4.78 is 13.2. The molecule has 2 fully saturated rings. The van der Waals surface area contributed by atoms with Crippen LogP contribution in [0.3, 0.4) is 0 Å². The molecule has 4 heterocycles. The number of hydrazone groups is 1. The van der Waals surface area contributed by atoms with E-state index in [4.69, 9.17) is 19.4 Å². The highest BCUT2D eigenvalue weighted by Crippen LogP contribution is 2.24. The Morgan fingerprint density at radius 3 is 2.49 bits per heavy atom. The van der Waals surface area contributed by atoms with Crippen molar-refractivity contribution in [2.24, 2.45) is 5.10 Å². The van der Waals surface area contributed by atoms with Gasteiger partial charge in [0, 0.05) is 61.5 Å². The summed E-state index contributed by atoms with van der Waals surface area (Å²) in [6.07, 6.45) is 3.92. The van der Waals surface area contributed by atoms with E-state index in [9.17, 15) is 5.26 Å². The molecule has 2 aliphatic rings. The van der Waals surface area contributed by atoms with Crippen molar-refractivity contribution in [3.05, 3.63) is 77.5 Å². The van der Waals surface area contributed by atoms with Crippen LogP contribution in [0.1, 0.15) is 16.7 Å². The fourth-order valence-electron chi connectivity index (χ4n) is 4.95. The fraction of sp³-hybridized carbons (Fsp3) is 0.310. The summed E-state index contributed by atoms with van der Waals surface area (Å²) in [6, 6.07) is 20.1. The molecular weight excluding hydrogens is 492 g/mol. The largest absolute Gasteiger partial charge is 0.378 e. The summed E-state index contributed by atoms with van der Waals surface area (Å²) >= 11 is 0. The van der Waals surface area contributed by atoms with Crippen LogP contribution in [0.25, 0.3) is 10.9 Å². The average molecular weight is 523 g/mol. The highest BCUT2D eigenvalue weighted by molar-refractivity contribution is 5.99. The van der Waals surface area contributed by atoms with Gasteiger partial charge in [-0.15, -0.1) is 0 Å². The van der Waals surface area contributed by atoms with Gasteiger partial charge in [0.15, 0.2) is 5.82 Å². The minimum absolute atomic E-state index is 0.640. The third kappa shape index (κ3) is 5.70. The molecule has 0 amide bonds. The van der Waals surface area contributed by atoms with Gasteiger partial charge in [0.05, 0.1) is 44.3 Å². The molecule has 0 unspecified atom stereocenters. The van der Waals surface area contributed by atoms with Crippen LogP contribution in [0.4, 0.5) is 17.6 Å². The molecule has 10 heteroatoms. The number of para-hydroxylation sites is 1. The SMILES string of the molecule is N#Cc1cccc(Cn2cc(/C=N/Nc3cc(N4CCOCC4)nc(N4CCOCC4)n3)c3ccccc32)c1. The maximum absolute atomic E-state index is 9.27. The number of anilines is 3. The molecule has 0 aliphatic carbocycles.